The van der Waals surface area contributed by atoms with E-state index in [1.807, 2.05) is 19.0 Å². The van der Waals surface area contributed by atoms with Crippen LogP contribution in [0.1, 0.15) is 5.56 Å². The number of anilines is 1. The van der Waals surface area contributed by atoms with Crippen LogP contribution in [0.15, 0.2) is 24.3 Å². The molecule has 0 amide bonds. The fourth-order valence-corrected chi connectivity index (χ4v) is 1.74. The Balaban J connectivity index is 2.17. The molecule has 0 saturated carbocycles. The highest BCUT2D eigenvalue weighted by molar-refractivity contribution is 7.71. The second-order valence-electron chi connectivity index (χ2n) is 3.87. The van der Waals surface area contributed by atoms with Crippen LogP contribution >= 0.6 is 12.2 Å². The zero-order valence-electron chi connectivity index (χ0n) is 9.64. The van der Waals surface area contributed by atoms with Gasteiger partial charge in [-0.05, 0) is 29.9 Å². The first-order valence-electron chi connectivity index (χ1n) is 5.15. The van der Waals surface area contributed by atoms with Crippen molar-refractivity contribution >= 4 is 18.2 Å². The Morgan fingerprint density at radius 2 is 2.06 bits per heavy atom. The van der Waals surface area contributed by atoms with Gasteiger partial charge in [0.15, 0.2) is 4.77 Å². The van der Waals surface area contributed by atoms with Crippen LogP contribution in [0.3, 0.4) is 0 Å². The van der Waals surface area contributed by atoms with Crippen molar-refractivity contribution in [2.75, 3.05) is 11.9 Å². The summed E-state index contributed by atoms with van der Waals surface area (Å²) < 4.78 is 15.1. The molecular weight excluding hydrogens is 239 g/mol. The lowest BCUT2D eigenvalue weighted by atomic mass is 10.2. The van der Waals surface area contributed by atoms with E-state index >= 15 is 0 Å². The van der Waals surface area contributed by atoms with E-state index in [1.54, 1.807) is 16.7 Å². The topological polar surface area (TPSA) is 36.9 Å². The van der Waals surface area contributed by atoms with E-state index < -0.39 is 0 Å². The number of benzene rings is 1. The summed E-state index contributed by atoms with van der Waals surface area (Å²) in [5, 5.41) is 6.85. The molecule has 0 radical (unpaired) electrons. The summed E-state index contributed by atoms with van der Waals surface area (Å²) in [6.07, 6.45) is 0. The van der Waals surface area contributed by atoms with Crippen LogP contribution in [0.2, 0.25) is 0 Å². The first kappa shape index (κ1) is 11.8. The minimum atomic E-state index is -0.227. The van der Waals surface area contributed by atoms with Gasteiger partial charge in [0.2, 0.25) is 5.95 Å². The number of aromatic nitrogens is 3. The average molecular weight is 252 g/mol. The highest BCUT2D eigenvalue weighted by Gasteiger charge is 2.08. The SMILES string of the molecule is CN(Cc1ccc(F)cc1)c1n[nH]c(=S)n1C. The molecule has 0 aliphatic rings. The van der Waals surface area contributed by atoms with Crippen molar-refractivity contribution in [3.8, 4) is 0 Å². The molecule has 0 fully saturated rings. The van der Waals surface area contributed by atoms with Gasteiger partial charge in [-0.15, -0.1) is 5.10 Å². The molecule has 2 aromatic rings. The lowest BCUT2D eigenvalue weighted by molar-refractivity contribution is 0.626. The fraction of sp³-hybridized carbons (Fsp3) is 0.273. The first-order valence-corrected chi connectivity index (χ1v) is 5.55. The molecule has 1 heterocycles. The van der Waals surface area contributed by atoms with Crippen molar-refractivity contribution in [3.05, 3.63) is 40.4 Å². The normalized spacial score (nSPS) is 10.5. The Morgan fingerprint density at radius 1 is 1.41 bits per heavy atom. The number of H-pyrrole nitrogens is 1. The van der Waals surface area contributed by atoms with Crippen LogP contribution in [0.4, 0.5) is 10.3 Å². The molecular formula is C11H13FN4S. The smallest absolute Gasteiger partial charge is 0.225 e. The average Bonchev–Trinajstić information content (AvgIpc) is 2.63. The molecule has 0 saturated heterocycles. The largest absolute Gasteiger partial charge is 0.340 e. The molecule has 4 nitrogen and oxygen atoms in total. The van der Waals surface area contributed by atoms with E-state index in [0.717, 1.165) is 11.5 Å². The van der Waals surface area contributed by atoms with Crippen LogP contribution in [-0.4, -0.2) is 21.8 Å². The van der Waals surface area contributed by atoms with Gasteiger partial charge >= 0.3 is 0 Å². The van der Waals surface area contributed by atoms with E-state index in [4.69, 9.17) is 12.2 Å². The lowest BCUT2D eigenvalue weighted by Crippen LogP contribution is -2.20. The van der Waals surface area contributed by atoms with Gasteiger partial charge in [-0.1, -0.05) is 12.1 Å². The van der Waals surface area contributed by atoms with Gasteiger partial charge in [-0.25, -0.2) is 9.49 Å². The van der Waals surface area contributed by atoms with E-state index in [1.165, 1.54) is 12.1 Å². The summed E-state index contributed by atoms with van der Waals surface area (Å²) in [4.78, 5) is 1.94. The summed E-state index contributed by atoms with van der Waals surface area (Å²) in [5.41, 5.74) is 1.02. The van der Waals surface area contributed by atoms with Gasteiger partial charge < -0.3 is 4.90 Å². The second kappa shape index (κ2) is 4.67. The fourth-order valence-electron chi connectivity index (χ4n) is 1.61. The Labute approximate surface area is 104 Å². The Morgan fingerprint density at radius 3 is 2.59 bits per heavy atom. The van der Waals surface area contributed by atoms with Gasteiger partial charge in [0.1, 0.15) is 5.82 Å². The zero-order chi connectivity index (χ0) is 12.4. The van der Waals surface area contributed by atoms with Gasteiger partial charge in [-0.3, -0.25) is 4.57 Å². The van der Waals surface area contributed by atoms with Crippen LogP contribution in [0, 0.1) is 10.6 Å². The third kappa shape index (κ3) is 2.52. The van der Waals surface area contributed by atoms with Crippen molar-refractivity contribution < 1.29 is 4.39 Å². The molecule has 0 aliphatic heterocycles. The minimum absolute atomic E-state index is 0.227. The van der Waals surface area contributed by atoms with Crippen molar-refractivity contribution in [1.82, 2.24) is 14.8 Å². The lowest BCUT2D eigenvalue weighted by Gasteiger charge is -2.17. The van der Waals surface area contributed by atoms with Gasteiger partial charge in [0, 0.05) is 20.6 Å². The summed E-state index contributed by atoms with van der Waals surface area (Å²) in [5.74, 6) is 0.522. The molecule has 6 heteroatoms. The summed E-state index contributed by atoms with van der Waals surface area (Å²) >= 11 is 5.04. The zero-order valence-corrected chi connectivity index (χ0v) is 10.5. The van der Waals surface area contributed by atoms with E-state index in [0.29, 0.717) is 11.3 Å². The summed E-state index contributed by atoms with van der Waals surface area (Å²) in [7, 11) is 3.76. The molecule has 0 unspecified atom stereocenters. The molecule has 0 aliphatic carbocycles. The van der Waals surface area contributed by atoms with Crippen LogP contribution < -0.4 is 4.90 Å². The summed E-state index contributed by atoms with van der Waals surface area (Å²) in [6, 6.07) is 6.42. The first-order chi connectivity index (χ1) is 8.08. The molecule has 0 spiro atoms. The van der Waals surface area contributed by atoms with Crippen LogP contribution in [-0.2, 0) is 13.6 Å². The molecule has 90 valence electrons. The third-order valence-electron chi connectivity index (χ3n) is 2.53. The summed E-state index contributed by atoms with van der Waals surface area (Å²) in [6.45, 7) is 0.647. The Bertz CT molecular complexity index is 558. The van der Waals surface area contributed by atoms with Crippen LogP contribution in [0.25, 0.3) is 0 Å². The van der Waals surface area contributed by atoms with Crippen LogP contribution in [0.5, 0.6) is 0 Å². The molecule has 0 atom stereocenters. The van der Waals surface area contributed by atoms with E-state index in [2.05, 4.69) is 10.2 Å². The van der Waals surface area contributed by atoms with Crippen molar-refractivity contribution in [1.29, 1.82) is 0 Å². The van der Waals surface area contributed by atoms with Crippen molar-refractivity contribution in [3.63, 3.8) is 0 Å². The number of hydrogen-bond acceptors (Lipinski definition) is 3. The number of nitrogens with zero attached hydrogens (tertiary/aromatic N) is 3. The highest BCUT2D eigenvalue weighted by atomic mass is 32.1. The number of aromatic amines is 1. The molecule has 1 aromatic heterocycles. The maximum atomic E-state index is 12.8. The maximum Gasteiger partial charge on any atom is 0.225 e. The van der Waals surface area contributed by atoms with Crippen molar-refractivity contribution in [2.45, 2.75) is 6.54 Å². The molecule has 2 rings (SSSR count). The number of halogens is 1. The van der Waals surface area contributed by atoms with E-state index in [9.17, 15) is 4.39 Å². The number of nitrogens with one attached hydrogen (secondary N) is 1. The monoisotopic (exact) mass is 252 g/mol. The Kier molecular flexibility index (Phi) is 3.23. The number of rotatable bonds is 3. The molecule has 17 heavy (non-hydrogen) atoms. The van der Waals surface area contributed by atoms with Gasteiger partial charge in [0.25, 0.3) is 0 Å². The predicted octanol–water partition coefficient (Wildman–Crippen LogP) is 2.25. The molecule has 1 N–H and O–H groups in total. The highest BCUT2D eigenvalue weighted by Crippen LogP contribution is 2.12. The van der Waals surface area contributed by atoms with Crippen molar-refractivity contribution in [2.24, 2.45) is 7.05 Å². The standard InChI is InChI=1S/C11H13FN4S/c1-15(10-13-14-11(17)16(10)2)7-8-3-5-9(12)6-4-8/h3-6H,7H2,1-2H3,(H,14,17). The quantitative estimate of drug-likeness (QED) is 0.851. The van der Waals surface area contributed by atoms with E-state index in [-0.39, 0.29) is 5.82 Å². The Hall–Kier alpha value is -1.69. The second-order valence-corrected chi connectivity index (χ2v) is 4.26. The van der Waals surface area contributed by atoms with Gasteiger partial charge in [-0.2, -0.15) is 0 Å². The third-order valence-corrected chi connectivity index (χ3v) is 2.90. The number of hydrogen-bond donors (Lipinski definition) is 1. The molecule has 0 bridgehead atoms. The minimum Gasteiger partial charge on any atom is -0.340 e. The van der Waals surface area contributed by atoms with Gasteiger partial charge in [0.05, 0.1) is 0 Å². The predicted molar refractivity (Wildman–Crippen MR) is 66.9 cm³/mol. The molecule has 1 aromatic carbocycles. The maximum absolute atomic E-state index is 12.8.